The fourth-order valence-electron chi connectivity index (χ4n) is 2.53. The molecule has 0 fully saturated rings. The van der Waals surface area contributed by atoms with Crippen LogP contribution in [0.15, 0.2) is 60.7 Å². The van der Waals surface area contributed by atoms with E-state index in [4.69, 9.17) is 5.73 Å². The van der Waals surface area contributed by atoms with Gasteiger partial charge in [0.2, 0.25) is 0 Å². The fraction of sp³-hybridized carbons (Fsp3) is 0.278. The van der Waals surface area contributed by atoms with Crippen LogP contribution in [-0.2, 0) is 4.79 Å². The molecule has 0 saturated heterocycles. The van der Waals surface area contributed by atoms with Crippen molar-refractivity contribution in [2.24, 2.45) is 5.73 Å². The zero-order valence-electron chi connectivity index (χ0n) is 12.7. The van der Waals surface area contributed by atoms with E-state index in [0.29, 0.717) is 11.1 Å². The van der Waals surface area contributed by atoms with E-state index in [1.165, 1.54) is 0 Å². The van der Waals surface area contributed by atoms with Gasteiger partial charge < -0.3 is 21.1 Å². The summed E-state index contributed by atoms with van der Waals surface area (Å²) in [4.78, 5) is 11.6. The van der Waals surface area contributed by atoms with Crippen LogP contribution >= 0.6 is 0 Å². The number of carbonyl (C=O) groups is 1. The fourth-order valence-corrected chi connectivity index (χ4v) is 2.53. The second-order valence-corrected chi connectivity index (χ2v) is 5.72. The SMILES string of the molecule is NC(CC(O)c1ccccc1)(CC(O)c1ccccc1)C(=O)O. The maximum absolute atomic E-state index is 11.6. The van der Waals surface area contributed by atoms with E-state index in [1.807, 2.05) is 12.1 Å². The average Bonchev–Trinajstić information content (AvgIpc) is 2.56. The molecule has 0 aliphatic carbocycles. The molecule has 0 radical (unpaired) electrons. The highest BCUT2D eigenvalue weighted by atomic mass is 16.4. The van der Waals surface area contributed by atoms with Crippen molar-refractivity contribution in [2.75, 3.05) is 0 Å². The molecule has 0 aliphatic rings. The second-order valence-electron chi connectivity index (χ2n) is 5.72. The summed E-state index contributed by atoms with van der Waals surface area (Å²) in [7, 11) is 0. The molecule has 0 aliphatic heterocycles. The minimum atomic E-state index is -1.73. The third-order valence-electron chi connectivity index (χ3n) is 3.91. The number of carboxylic acids is 1. The monoisotopic (exact) mass is 315 g/mol. The van der Waals surface area contributed by atoms with Crippen molar-refractivity contribution in [3.63, 3.8) is 0 Å². The molecule has 2 aromatic rings. The molecule has 0 bridgehead atoms. The molecular weight excluding hydrogens is 294 g/mol. The lowest BCUT2D eigenvalue weighted by Crippen LogP contribution is -2.50. The lowest BCUT2D eigenvalue weighted by molar-refractivity contribution is -0.146. The van der Waals surface area contributed by atoms with E-state index in [9.17, 15) is 20.1 Å². The van der Waals surface area contributed by atoms with Crippen molar-refractivity contribution in [1.29, 1.82) is 0 Å². The molecule has 0 heterocycles. The number of nitrogens with two attached hydrogens (primary N) is 1. The molecule has 5 N–H and O–H groups in total. The third-order valence-corrected chi connectivity index (χ3v) is 3.91. The van der Waals surface area contributed by atoms with E-state index in [0.717, 1.165) is 0 Å². The molecule has 5 heteroatoms. The molecule has 0 amide bonds. The molecule has 2 atom stereocenters. The van der Waals surface area contributed by atoms with Gasteiger partial charge in [-0.2, -0.15) is 0 Å². The quantitative estimate of drug-likeness (QED) is 0.626. The Morgan fingerprint density at radius 3 is 1.52 bits per heavy atom. The summed E-state index contributed by atoms with van der Waals surface area (Å²) < 4.78 is 0. The first kappa shape index (κ1) is 17.1. The van der Waals surface area contributed by atoms with Crippen molar-refractivity contribution in [3.05, 3.63) is 71.8 Å². The van der Waals surface area contributed by atoms with Gasteiger partial charge in [0.25, 0.3) is 0 Å². The Bertz CT molecular complexity index is 582. The summed E-state index contributed by atoms with van der Waals surface area (Å²) in [6.07, 6.45) is -2.40. The van der Waals surface area contributed by atoms with Gasteiger partial charge in [0.1, 0.15) is 5.54 Å². The van der Waals surface area contributed by atoms with Crippen molar-refractivity contribution in [1.82, 2.24) is 0 Å². The summed E-state index contributed by atoms with van der Waals surface area (Å²) in [5.74, 6) is -1.25. The van der Waals surface area contributed by atoms with Gasteiger partial charge in [-0.25, -0.2) is 0 Å². The van der Waals surface area contributed by atoms with Gasteiger partial charge in [-0.15, -0.1) is 0 Å². The lowest BCUT2D eigenvalue weighted by Gasteiger charge is -2.29. The maximum atomic E-state index is 11.6. The molecule has 23 heavy (non-hydrogen) atoms. The summed E-state index contributed by atoms with van der Waals surface area (Å²) in [5, 5.41) is 30.0. The van der Waals surface area contributed by atoms with Gasteiger partial charge in [-0.3, -0.25) is 4.79 Å². The Morgan fingerprint density at radius 2 is 1.22 bits per heavy atom. The van der Waals surface area contributed by atoms with Crippen molar-refractivity contribution in [3.8, 4) is 0 Å². The number of aliphatic hydroxyl groups is 2. The number of benzene rings is 2. The molecule has 0 aromatic heterocycles. The molecule has 2 rings (SSSR count). The van der Waals surface area contributed by atoms with E-state index >= 15 is 0 Å². The molecule has 2 unspecified atom stereocenters. The third kappa shape index (κ3) is 4.39. The Kier molecular flexibility index (Phi) is 5.50. The van der Waals surface area contributed by atoms with Crippen LogP contribution in [0.4, 0.5) is 0 Å². The normalized spacial score (nSPS) is 16.3. The standard InChI is InChI=1S/C18H21NO4/c19-18(17(22)23,11-15(20)13-7-3-1-4-8-13)12-16(21)14-9-5-2-6-10-14/h1-10,15-16,20-21H,11-12,19H2,(H,22,23). The Hall–Kier alpha value is -2.21. The lowest BCUT2D eigenvalue weighted by atomic mass is 9.84. The summed E-state index contributed by atoms with van der Waals surface area (Å²) in [6.45, 7) is 0. The number of aliphatic carboxylic acids is 1. The van der Waals surface area contributed by atoms with E-state index in [2.05, 4.69) is 0 Å². The number of rotatable bonds is 7. The van der Waals surface area contributed by atoms with Crippen LogP contribution in [0.2, 0.25) is 0 Å². The Labute approximate surface area is 135 Å². The highest BCUT2D eigenvalue weighted by Crippen LogP contribution is 2.30. The molecular formula is C18H21NO4. The highest BCUT2D eigenvalue weighted by molar-refractivity contribution is 5.78. The van der Waals surface area contributed by atoms with Crippen LogP contribution in [0, 0.1) is 0 Å². The number of carboxylic acid groups (broad SMARTS) is 1. The summed E-state index contributed by atoms with van der Waals surface area (Å²) in [5.41, 5.74) is 5.46. The number of hydrogen-bond acceptors (Lipinski definition) is 4. The van der Waals surface area contributed by atoms with Crippen molar-refractivity contribution >= 4 is 5.97 Å². The van der Waals surface area contributed by atoms with Crippen LogP contribution in [-0.4, -0.2) is 26.8 Å². The van der Waals surface area contributed by atoms with E-state index in [1.54, 1.807) is 48.5 Å². The largest absolute Gasteiger partial charge is 0.480 e. The molecule has 0 saturated carbocycles. The molecule has 2 aromatic carbocycles. The van der Waals surface area contributed by atoms with Gasteiger partial charge in [0.05, 0.1) is 12.2 Å². The van der Waals surface area contributed by atoms with Crippen molar-refractivity contribution < 1.29 is 20.1 Å². The van der Waals surface area contributed by atoms with E-state index in [-0.39, 0.29) is 12.8 Å². The highest BCUT2D eigenvalue weighted by Gasteiger charge is 2.38. The zero-order valence-corrected chi connectivity index (χ0v) is 12.7. The van der Waals surface area contributed by atoms with Crippen LogP contribution in [0.1, 0.15) is 36.2 Å². The first-order valence-electron chi connectivity index (χ1n) is 7.41. The Balaban J connectivity index is 2.14. The molecule has 5 nitrogen and oxygen atoms in total. The topological polar surface area (TPSA) is 104 Å². The first-order valence-corrected chi connectivity index (χ1v) is 7.41. The minimum absolute atomic E-state index is 0.184. The smallest absolute Gasteiger partial charge is 0.323 e. The second kappa shape index (κ2) is 7.37. The molecule has 122 valence electrons. The van der Waals surface area contributed by atoms with Gasteiger partial charge in [-0.1, -0.05) is 60.7 Å². The van der Waals surface area contributed by atoms with Crippen LogP contribution in [0.3, 0.4) is 0 Å². The first-order chi connectivity index (χ1) is 10.9. The predicted octanol–water partition coefficient (Wildman–Crippen LogP) is 2.02. The number of hydrogen-bond donors (Lipinski definition) is 4. The van der Waals surface area contributed by atoms with Crippen molar-refractivity contribution in [2.45, 2.75) is 30.6 Å². The van der Waals surface area contributed by atoms with Crippen LogP contribution in [0.25, 0.3) is 0 Å². The average molecular weight is 315 g/mol. The van der Waals surface area contributed by atoms with Gasteiger partial charge in [0.15, 0.2) is 0 Å². The zero-order chi connectivity index (χ0) is 16.9. The van der Waals surface area contributed by atoms with Crippen LogP contribution < -0.4 is 5.73 Å². The molecule has 0 spiro atoms. The van der Waals surface area contributed by atoms with E-state index < -0.39 is 23.7 Å². The maximum Gasteiger partial charge on any atom is 0.323 e. The summed E-state index contributed by atoms with van der Waals surface area (Å²) >= 11 is 0. The van der Waals surface area contributed by atoms with Gasteiger partial charge in [0, 0.05) is 12.8 Å². The minimum Gasteiger partial charge on any atom is -0.480 e. The van der Waals surface area contributed by atoms with Gasteiger partial charge in [-0.05, 0) is 11.1 Å². The summed E-state index contributed by atoms with van der Waals surface area (Å²) in [6, 6.07) is 17.5. The van der Waals surface area contributed by atoms with Gasteiger partial charge >= 0.3 is 5.97 Å². The predicted molar refractivity (Wildman–Crippen MR) is 86.6 cm³/mol. The van der Waals surface area contributed by atoms with Crippen LogP contribution in [0.5, 0.6) is 0 Å². The number of aliphatic hydroxyl groups excluding tert-OH is 2. The Morgan fingerprint density at radius 1 is 0.870 bits per heavy atom.